The van der Waals surface area contributed by atoms with Crippen molar-refractivity contribution < 1.29 is 38.5 Å². The molecule has 0 radical (unpaired) electrons. The van der Waals surface area contributed by atoms with Crippen molar-refractivity contribution in [2.24, 2.45) is 22.7 Å². The molecular formula is C24H24O8. The summed E-state index contributed by atoms with van der Waals surface area (Å²) in [7, 11) is 0. The molecule has 2 aliphatic heterocycles. The lowest BCUT2D eigenvalue weighted by atomic mass is 9.43. The molecular weight excluding hydrogens is 416 g/mol. The zero-order valence-electron chi connectivity index (χ0n) is 17.8. The normalized spacial score (nSPS) is 42.3. The van der Waals surface area contributed by atoms with Crippen molar-refractivity contribution in [2.45, 2.75) is 44.5 Å². The van der Waals surface area contributed by atoms with Gasteiger partial charge in [-0.05, 0) is 18.1 Å². The predicted octanol–water partition coefficient (Wildman–Crippen LogP) is 1.45. The van der Waals surface area contributed by atoms with Crippen LogP contribution in [-0.2, 0) is 33.4 Å². The quantitative estimate of drug-likeness (QED) is 0.427. The van der Waals surface area contributed by atoms with Gasteiger partial charge >= 0.3 is 17.9 Å². The van der Waals surface area contributed by atoms with Crippen molar-refractivity contribution >= 4 is 29.8 Å². The summed E-state index contributed by atoms with van der Waals surface area (Å²) in [5, 5.41) is 12.0. The maximum Gasteiger partial charge on any atom is 0.348 e. The molecule has 2 spiro atoms. The van der Waals surface area contributed by atoms with E-state index in [0.29, 0.717) is 0 Å². The van der Waals surface area contributed by atoms with Gasteiger partial charge in [-0.3, -0.25) is 9.59 Å². The lowest BCUT2D eigenvalue weighted by Crippen LogP contribution is -2.80. The number of benzene rings is 1. The highest BCUT2D eigenvalue weighted by Gasteiger charge is 2.85. The van der Waals surface area contributed by atoms with E-state index in [4.69, 9.17) is 14.2 Å². The van der Waals surface area contributed by atoms with E-state index in [2.05, 4.69) is 0 Å². The molecule has 2 bridgehead atoms. The fourth-order valence-corrected chi connectivity index (χ4v) is 6.38. The van der Waals surface area contributed by atoms with E-state index in [-0.39, 0.29) is 25.2 Å². The summed E-state index contributed by atoms with van der Waals surface area (Å²) in [4.78, 5) is 51.3. The molecule has 2 aliphatic carbocycles. The first-order valence-electron chi connectivity index (χ1n) is 10.7. The van der Waals surface area contributed by atoms with Gasteiger partial charge < -0.3 is 19.3 Å². The minimum atomic E-state index is -1.88. The molecule has 1 N–H and O–H groups in total. The number of hydrogen-bond acceptors (Lipinski definition) is 8. The lowest BCUT2D eigenvalue weighted by Gasteiger charge is -2.66. The molecule has 32 heavy (non-hydrogen) atoms. The number of cyclic esters (lactones) is 1. The Hall–Kier alpha value is -3.00. The van der Waals surface area contributed by atoms with Gasteiger partial charge in [-0.25, -0.2) is 9.59 Å². The van der Waals surface area contributed by atoms with Gasteiger partial charge in [-0.2, -0.15) is 0 Å². The maximum absolute atomic E-state index is 13.0. The second kappa shape index (κ2) is 6.75. The van der Waals surface area contributed by atoms with Crippen LogP contribution in [0.4, 0.5) is 0 Å². The molecule has 4 aliphatic rings. The smallest absolute Gasteiger partial charge is 0.348 e. The number of esters is 3. The largest absolute Gasteiger partial charge is 0.464 e. The van der Waals surface area contributed by atoms with Gasteiger partial charge in [0.1, 0.15) is 29.5 Å². The summed E-state index contributed by atoms with van der Waals surface area (Å²) in [6, 6.07) is 9.07. The van der Waals surface area contributed by atoms with Gasteiger partial charge in [0.25, 0.3) is 0 Å². The standard InChI is InChI=1S/C24H24O8/c1-13-16(25)10-24(29)22(13)11-17(14(2)23(24)12-30-21(23)28)31-20(27)19(22)32-18(26)9-8-15-6-4-3-5-7-15/h3-9,13-14,17,19,29H,10-12H2,1-2H3/b9-8+/t13-,14-,17-,19+,22+,23-,24-/m0/s1. The van der Waals surface area contributed by atoms with E-state index in [9.17, 15) is 24.3 Å². The third kappa shape index (κ3) is 2.36. The zero-order chi connectivity index (χ0) is 22.9. The molecule has 168 valence electrons. The number of carbonyl (C=O) groups excluding carboxylic acids is 4. The van der Waals surface area contributed by atoms with E-state index in [1.165, 1.54) is 6.08 Å². The molecule has 0 unspecified atom stereocenters. The van der Waals surface area contributed by atoms with Gasteiger partial charge in [-0.1, -0.05) is 44.2 Å². The average Bonchev–Trinajstić information content (AvgIpc) is 2.95. The van der Waals surface area contributed by atoms with Crippen LogP contribution in [0.2, 0.25) is 0 Å². The number of ether oxygens (including phenoxy) is 3. The van der Waals surface area contributed by atoms with Gasteiger partial charge in [0, 0.05) is 24.3 Å². The van der Waals surface area contributed by atoms with Gasteiger partial charge in [-0.15, -0.1) is 0 Å². The number of Topliss-reactive ketones (excluding diaryl/α,β-unsaturated/α-hetero) is 1. The Labute approximate surface area is 184 Å². The first-order valence-corrected chi connectivity index (χ1v) is 10.7. The summed E-state index contributed by atoms with van der Waals surface area (Å²) in [5.41, 5.74) is -3.97. The third-order valence-electron chi connectivity index (χ3n) is 8.26. The van der Waals surface area contributed by atoms with Crippen LogP contribution in [0, 0.1) is 22.7 Å². The fourth-order valence-electron chi connectivity index (χ4n) is 6.38. The predicted molar refractivity (Wildman–Crippen MR) is 109 cm³/mol. The third-order valence-corrected chi connectivity index (χ3v) is 8.26. The van der Waals surface area contributed by atoms with Crippen molar-refractivity contribution in [3.05, 3.63) is 42.0 Å². The summed E-state index contributed by atoms with van der Waals surface area (Å²) >= 11 is 0. The number of fused-ring (bicyclic) bond motifs is 2. The highest BCUT2D eigenvalue weighted by Crippen LogP contribution is 2.70. The molecule has 8 heteroatoms. The molecule has 8 nitrogen and oxygen atoms in total. The highest BCUT2D eigenvalue weighted by molar-refractivity contribution is 5.96. The first-order chi connectivity index (χ1) is 15.2. The Morgan fingerprint density at radius 3 is 2.53 bits per heavy atom. The molecule has 5 rings (SSSR count). The van der Waals surface area contributed by atoms with E-state index in [1.54, 1.807) is 32.1 Å². The number of rotatable bonds is 3. The van der Waals surface area contributed by atoms with E-state index >= 15 is 0 Å². The van der Waals surface area contributed by atoms with Crippen molar-refractivity contribution in [1.29, 1.82) is 0 Å². The van der Waals surface area contributed by atoms with Crippen LogP contribution in [0.15, 0.2) is 36.4 Å². The SMILES string of the molecule is C[C@H]1C(=O)C[C@]2(O)[C@]13C[C@H](OC(=O)[C@H]3OC(=O)/C=C/c1ccccc1)[C@H](C)[C@]21COC1=O. The van der Waals surface area contributed by atoms with Gasteiger partial charge in [0.2, 0.25) is 6.10 Å². The highest BCUT2D eigenvalue weighted by atomic mass is 16.6. The first kappa shape index (κ1) is 20.9. The van der Waals surface area contributed by atoms with Crippen LogP contribution in [0.1, 0.15) is 32.3 Å². The summed E-state index contributed by atoms with van der Waals surface area (Å²) in [6.45, 7) is 3.26. The van der Waals surface area contributed by atoms with Crippen LogP contribution in [0.3, 0.4) is 0 Å². The summed E-state index contributed by atoms with van der Waals surface area (Å²) in [5.74, 6) is -3.86. The number of hydrogen-bond donors (Lipinski definition) is 1. The summed E-state index contributed by atoms with van der Waals surface area (Å²) < 4.78 is 16.2. The van der Waals surface area contributed by atoms with Crippen molar-refractivity contribution in [3.8, 4) is 0 Å². The lowest BCUT2D eigenvalue weighted by molar-refractivity contribution is -0.322. The van der Waals surface area contributed by atoms with E-state index < -0.39 is 58.4 Å². The molecule has 2 heterocycles. The molecule has 4 fully saturated rings. The van der Waals surface area contributed by atoms with Crippen LogP contribution in [0.5, 0.6) is 0 Å². The minimum absolute atomic E-state index is 0.0755. The maximum atomic E-state index is 13.0. The number of ketones is 1. The second-order valence-corrected chi connectivity index (χ2v) is 9.34. The van der Waals surface area contributed by atoms with Crippen LogP contribution >= 0.6 is 0 Å². The Morgan fingerprint density at radius 2 is 1.91 bits per heavy atom. The van der Waals surface area contributed by atoms with E-state index in [0.717, 1.165) is 5.56 Å². The monoisotopic (exact) mass is 440 g/mol. The molecule has 7 atom stereocenters. The van der Waals surface area contributed by atoms with Crippen LogP contribution in [0.25, 0.3) is 6.08 Å². The average molecular weight is 440 g/mol. The molecule has 2 saturated carbocycles. The number of carbonyl (C=O) groups is 4. The molecule has 1 aromatic carbocycles. The number of aliphatic hydroxyl groups is 1. The van der Waals surface area contributed by atoms with Gasteiger partial charge in [0.05, 0.1) is 5.41 Å². The van der Waals surface area contributed by atoms with Crippen LogP contribution in [-0.4, -0.2) is 53.2 Å². The second-order valence-electron chi connectivity index (χ2n) is 9.34. The Bertz CT molecular complexity index is 1050. The van der Waals surface area contributed by atoms with Crippen molar-refractivity contribution in [2.75, 3.05) is 6.61 Å². The minimum Gasteiger partial charge on any atom is -0.464 e. The van der Waals surface area contributed by atoms with Crippen molar-refractivity contribution in [3.63, 3.8) is 0 Å². The Morgan fingerprint density at radius 1 is 1.19 bits per heavy atom. The topological polar surface area (TPSA) is 116 Å². The zero-order valence-corrected chi connectivity index (χ0v) is 17.8. The molecule has 0 amide bonds. The Balaban J connectivity index is 1.55. The Kier molecular flexibility index (Phi) is 4.40. The molecule has 1 aromatic rings. The van der Waals surface area contributed by atoms with E-state index in [1.807, 2.05) is 18.2 Å². The molecule has 0 aromatic heterocycles. The molecule has 2 saturated heterocycles. The fraction of sp³-hybridized carbons (Fsp3) is 0.500. The van der Waals surface area contributed by atoms with Crippen LogP contribution < -0.4 is 0 Å². The summed E-state index contributed by atoms with van der Waals surface area (Å²) in [6.07, 6.45) is 0.333. The van der Waals surface area contributed by atoms with Crippen molar-refractivity contribution in [1.82, 2.24) is 0 Å². The van der Waals surface area contributed by atoms with Gasteiger partial charge in [0.15, 0.2) is 0 Å².